The van der Waals surface area contributed by atoms with Crippen molar-refractivity contribution in [2.75, 3.05) is 0 Å². The Morgan fingerprint density at radius 1 is 1.61 bits per heavy atom. The number of hydrogen-bond acceptors (Lipinski definition) is 4. The summed E-state index contributed by atoms with van der Waals surface area (Å²) >= 11 is 0. The van der Waals surface area contributed by atoms with Crippen LogP contribution in [0, 0.1) is 0 Å². The molecule has 0 saturated heterocycles. The monoisotopic (exact) mass is 252 g/mol. The van der Waals surface area contributed by atoms with Crippen LogP contribution in [0.5, 0.6) is 0 Å². The van der Waals surface area contributed by atoms with E-state index in [1.54, 1.807) is 24.1 Å². The molecule has 2 rings (SSSR count). The lowest BCUT2D eigenvalue weighted by Crippen LogP contribution is -2.48. The molecule has 1 heterocycles. The summed E-state index contributed by atoms with van der Waals surface area (Å²) in [5.41, 5.74) is 6.55. The predicted molar refractivity (Wildman–Crippen MR) is 66.5 cm³/mol. The number of nitrogens with zero attached hydrogens (tertiary/aromatic N) is 2. The topological polar surface area (TPSA) is 93.2 Å². The SMILES string of the molecule is Cn1cc(C(N)C(=O)NC2CCCCC2O)cn1. The summed E-state index contributed by atoms with van der Waals surface area (Å²) in [6.45, 7) is 0. The van der Waals surface area contributed by atoms with Crippen LogP contribution in [0.3, 0.4) is 0 Å². The molecule has 1 aromatic rings. The number of aryl methyl sites for hydroxylation is 1. The lowest BCUT2D eigenvalue weighted by molar-refractivity contribution is -0.124. The van der Waals surface area contributed by atoms with Crippen molar-refractivity contribution in [3.05, 3.63) is 18.0 Å². The summed E-state index contributed by atoms with van der Waals surface area (Å²) in [5.74, 6) is -0.256. The molecule has 6 heteroatoms. The highest BCUT2D eigenvalue weighted by atomic mass is 16.3. The number of aliphatic hydroxyl groups excluding tert-OH is 1. The van der Waals surface area contributed by atoms with Gasteiger partial charge in [-0.25, -0.2) is 0 Å². The Labute approximate surface area is 106 Å². The first-order valence-corrected chi connectivity index (χ1v) is 6.30. The fraction of sp³-hybridized carbons (Fsp3) is 0.667. The van der Waals surface area contributed by atoms with Crippen LogP contribution < -0.4 is 11.1 Å². The van der Waals surface area contributed by atoms with Gasteiger partial charge >= 0.3 is 0 Å². The number of nitrogens with two attached hydrogens (primary N) is 1. The smallest absolute Gasteiger partial charge is 0.241 e. The normalized spacial score (nSPS) is 25.7. The summed E-state index contributed by atoms with van der Waals surface area (Å²) in [7, 11) is 1.78. The van der Waals surface area contributed by atoms with Crippen LogP contribution in [-0.2, 0) is 11.8 Å². The Balaban J connectivity index is 1.94. The molecule has 1 amide bonds. The van der Waals surface area contributed by atoms with E-state index in [2.05, 4.69) is 10.4 Å². The standard InChI is InChI=1S/C12H20N4O2/c1-16-7-8(6-14-16)11(13)12(18)15-9-4-2-3-5-10(9)17/h6-7,9-11,17H,2-5,13H2,1H3,(H,15,18). The molecule has 6 nitrogen and oxygen atoms in total. The molecule has 18 heavy (non-hydrogen) atoms. The van der Waals surface area contributed by atoms with Crippen molar-refractivity contribution in [3.63, 3.8) is 0 Å². The maximum atomic E-state index is 12.0. The second-order valence-electron chi connectivity index (χ2n) is 4.89. The fourth-order valence-corrected chi connectivity index (χ4v) is 2.30. The number of aliphatic hydroxyl groups is 1. The van der Waals surface area contributed by atoms with Crippen LogP contribution in [-0.4, -0.2) is 32.9 Å². The lowest BCUT2D eigenvalue weighted by Gasteiger charge is -2.29. The van der Waals surface area contributed by atoms with Crippen molar-refractivity contribution >= 4 is 5.91 Å². The predicted octanol–water partition coefficient (Wildman–Crippen LogP) is -0.160. The molecule has 0 aromatic carbocycles. The van der Waals surface area contributed by atoms with Crippen LogP contribution in [0.25, 0.3) is 0 Å². The lowest BCUT2D eigenvalue weighted by atomic mass is 9.92. The van der Waals surface area contributed by atoms with E-state index in [0.717, 1.165) is 25.7 Å². The quantitative estimate of drug-likeness (QED) is 0.697. The molecule has 3 unspecified atom stereocenters. The average Bonchev–Trinajstić information content (AvgIpc) is 2.78. The number of amides is 1. The Morgan fingerprint density at radius 2 is 2.33 bits per heavy atom. The van der Waals surface area contributed by atoms with Gasteiger partial charge in [-0.3, -0.25) is 9.48 Å². The first-order valence-electron chi connectivity index (χ1n) is 6.30. The minimum atomic E-state index is -0.729. The van der Waals surface area contributed by atoms with E-state index in [1.807, 2.05) is 0 Å². The number of carbonyl (C=O) groups is 1. The molecule has 1 aliphatic rings. The number of rotatable bonds is 3. The highest BCUT2D eigenvalue weighted by Crippen LogP contribution is 2.19. The number of nitrogens with one attached hydrogen (secondary N) is 1. The van der Waals surface area contributed by atoms with Gasteiger partial charge in [0.15, 0.2) is 0 Å². The van der Waals surface area contributed by atoms with Gasteiger partial charge in [-0.15, -0.1) is 0 Å². The van der Waals surface area contributed by atoms with Crippen LogP contribution in [0.4, 0.5) is 0 Å². The molecule has 1 aromatic heterocycles. The van der Waals surface area contributed by atoms with Crippen molar-refractivity contribution in [1.29, 1.82) is 0 Å². The molecule has 0 spiro atoms. The van der Waals surface area contributed by atoms with E-state index in [0.29, 0.717) is 5.56 Å². The van der Waals surface area contributed by atoms with Crippen LogP contribution in [0.1, 0.15) is 37.3 Å². The van der Waals surface area contributed by atoms with E-state index in [1.165, 1.54) is 0 Å². The molecule has 100 valence electrons. The van der Waals surface area contributed by atoms with E-state index >= 15 is 0 Å². The molecule has 0 aliphatic heterocycles. The Morgan fingerprint density at radius 3 is 2.94 bits per heavy atom. The molecule has 3 atom stereocenters. The number of carbonyl (C=O) groups excluding carboxylic acids is 1. The van der Waals surface area contributed by atoms with Gasteiger partial charge in [0.2, 0.25) is 5.91 Å². The van der Waals surface area contributed by atoms with Crippen LogP contribution >= 0.6 is 0 Å². The zero-order valence-electron chi connectivity index (χ0n) is 10.5. The minimum Gasteiger partial charge on any atom is -0.391 e. The first kappa shape index (κ1) is 13.0. The van der Waals surface area contributed by atoms with Crippen molar-refractivity contribution in [1.82, 2.24) is 15.1 Å². The van der Waals surface area contributed by atoms with E-state index < -0.39 is 12.1 Å². The number of aromatic nitrogens is 2. The van der Waals surface area contributed by atoms with Gasteiger partial charge in [-0.1, -0.05) is 12.8 Å². The summed E-state index contributed by atoms with van der Waals surface area (Å²) in [6.07, 6.45) is 6.46. The molecular formula is C12H20N4O2. The van der Waals surface area contributed by atoms with Crippen LogP contribution in [0.15, 0.2) is 12.4 Å². The van der Waals surface area contributed by atoms with Crippen LogP contribution in [0.2, 0.25) is 0 Å². The van der Waals surface area contributed by atoms with E-state index in [-0.39, 0.29) is 11.9 Å². The highest BCUT2D eigenvalue weighted by Gasteiger charge is 2.27. The summed E-state index contributed by atoms with van der Waals surface area (Å²) in [4.78, 5) is 12.0. The van der Waals surface area contributed by atoms with Gasteiger partial charge in [0.25, 0.3) is 0 Å². The minimum absolute atomic E-state index is 0.172. The highest BCUT2D eigenvalue weighted by molar-refractivity contribution is 5.83. The molecule has 1 saturated carbocycles. The second-order valence-corrected chi connectivity index (χ2v) is 4.89. The first-order chi connectivity index (χ1) is 8.58. The third kappa shape index (κ3) is 2.88. The van der Waals surface area contributed by atoms with Gasteiger partial charge in [-0.2, -0.15) is 5.10 Å². The van der Waals surface area contributed by atoms with Gasteiger partial charge in [-0.05, 0) is 12.8 Å². The van der Waals surface area contributed by atoms with Crippen molar-refractivity contribution in [2.45, 2.75) is 43.9 Å². The molecule has 4 N–H and O–H groups in total. The van der Waals surface area contributed by atoms with Gasteiger partial charge in [0.1, 0.15) is 6.04 Å². The summed E-state index contributed by atoms with van der Waals surface area (Å²) < 4.78 is 1.61. The molecule has 1 aliphatic carbocycles. The maximum Gasteiger partial charge on any atom is 0.241 e. The summed E-state index contributed by atoms with van der Waals surface area (Å²) in [6, 6.07) is -0.901. The zero-order valence-corrected chi connectivity index (χ0v) is 10.5. The Bertz CT molecular complexity index is 418. The molecule has 0 bridgehead atoms. The van der Waals surface area contributed by atoms with Crippen molar-refractivity contribution < 1.29 is 9.90 Å². The van der Waals surface area contributed by atoms with Gasteiger partial charge in [0, 0.05) is 18.8 Å². The Hall–Kier alpha value is -1.40. The number of hydrogen-bond donors (Lipinski definition) is 3. The van der Waals surface area contributed by atoms with Crippen molar-refractivity contribution in [3.8, 4) is 0 Å². The van der Waals surface area contributed by atoms with Crippen molar-refractivity contribution in [2.24, 2.45) is 12.8 Å². The molecular weight excluding hydrogens is 232 g/mol. The van der Waals surface area contributed by atoms with Gasteiger partial charge < -0.3 is 16.2 Å². The van der Waals surface area contributed by atoms with E-state index in [9.17, 15) is 9.90 Å². The average molecular weight is 252 g/mol. The largest absolute Gasteiger partial charge is 0.391 e. The molecule has 0 radical (unpaired) electrons. The Kier molecular flexibility index (Phi) is 3.98. The zero-order chi connectivity index (χ0) is 13.1. The maximum absolute atomic E-state index is 12.0. The third-order valence-electron chi connectivity index (χ3n) is 3.42. The third-order valence-corrected chi connectivity index (χ3v) is 3.42. The summed E-state index contributed by atoms with van der Waals surface area (Å²) in [5, 5.41) is 16.6. The second kappa shape index (κ2) is 5.49. The fourth-order valence-electron chi connectivity index (χ4n) is 2.30. The van der Waals surface area contributed by atoms with Gasteiger partial charge in [0.05, 0.1) is 18.3 Å². The molecule has 1 fully saturated rings. The van der Waals surface area contributed by atoms with E-state index in [4.69, 9.17) is 5.73 Å².